The van der Waals surface area contributed by atoms with Crippen LogP contribution in [0.15, 0.2) is 66.9 Å². The van der Waals surface area contributed by atoms with Gasteiger partial charge >= 0.3 is 0 Å². The Kier molecular flexibility index (Phi) is 5.65. The van der Waals surface area contributed by atoms with Gasteiger partial charge in [-0.2, -0.15) is 4.98 Å². The van der Waals surface area contributed by atoms with Crippen LogP contribution < -0.4 is 15.5 Å². The lowest BCUT2D eigenvalue weighted by Gasteiger charge is -2.24. The van der Waals surface area contributed by atoms with E-state index < -0.39 is 0 Å². The van der Waals surface area contributed by atoms with E-state index in [4.69, 9.17) is 0 Å². The third kappa shape index (κ3) is 4.51. The molecule has 7 heteroatoms. The van der Waals surface area contributed by atoms with Gasteiger partial charge in [0.1, 0.15) is 17.7 Å². The fourth-order valence-electron chi connectivity index (χ4n) is 3.44. The summed E-state index contributed by atoms with van der Waals surface area (Å²) in [5, 5.41) is 5.97. The maximum Gasteiger partial charge on any atom is 0.243 e. The highest BCUT2D eigenvalue weighted by molar-refractivity contribution is 5.85. The Morgan fingerprint density at radius 1 is 1.10 bits per heavy atom. The summed E-state index contributed by atoms with van der Waals surface area (Å²) >= 11 is 0. The Morgan fingerprint density at radius 2 is 1.90 bits per heavy atom. The number of halogens is 1. The van der Waals surface area contributed by atoms with Gasteiger partial charge < -0.3 is 15.5 Å². The van der Waals surface area contributed by atoms with Crippen molar-refractivity contribution in [1.29, 1.82) is 0 Å². The third-order valence-corrected chi connectivity index (χ3v) is 4.90. The highest BCUT2D eigenvalue weighted by atomic mass is 19.1. The molecule has 29 heavy (non-hydrogen) atoms. The van der Waals surface area contributed by atoms with Crippen molar-refractivity contribution in [3.8, 4) is 0 Å². The van der Waals surface area contributed by atoms with Crippen LogP contribution in [0.5, 0.6) is 0 Å². The van der Waals surface area contributed by atoms with Crippen LogP contribution in [0.3, 0.4) is 0 Å². The molecule has 2 N–H and O–H groups in total. The topological polar surface area (TPSA) is 70.2 Å². The molecule has 1 amide bonds. The summed E-state index contributed by atoms with van der Waals surface area (Å²) < 4.78 is 13.9. The number of amides is 1. The number of carbonyl (C=O) groups is 1. The van der Waals surface area contributed by atoms with E-state index in [2.05, 4.69) is 20.6 Å². The molecule has 1 saturated heterocycles. The smallest absolute Gasteiger partial charge is 0.243 e. The number of para-hydroxylation sites is 1. The molecule has 0 saturated carbocycles. The maximum absolute atomic E-state index is 13.9. The monoisotopic (exact) mass is 391 g/mol. The highest BCUT2D eigenvalue weighted by Crippen LogP contribution is 2.25. The van der Waals surface area contributed by atoms with E-state index in [-0.39, 0.29) is 17.8 Å². The zero-order chi connectivity index (χ0) is 20.1. The van der Waals surface area contributed by atoms with Gasteiger partial charge in [0.2, 0.25) is 11.9 Å². The molecule has 3 aromatic rings. The fourth-order valence-corrected chi connectivity index (χ4v) is 3.44. The summed E-state index contributed by atoms with van der Waals surface area (Å²) in [6.07, 6.45) is 3.25. The van der Waals surface area contributed by atoms with Crippen molar-refractivity contribution in [2.45, 2.75) is 25.4 Å². The lowest BCUT2D eigenvalue weighted by molar-refractivity contribution is -0.122. The average molecular weight is 391 g/mol. The normalized spacial score (nSPS) is 15.9. The van der Waals surface area contributed by atoms with Crippen LogP contribution in [-0.2, 0) is 11.3 Å². The third-order valence-electron chi connectivity index (χ3n) is 4.90. The van der Waals surface area contributed by atoms with E-state index in [9.17, 15) is 9.18 Å². The van der Waals surface area contributed by atoms with Crippen LogP contribution in [0.25, 0.3) is 0 Å². The van der Waals surface area contributed by atoms with Gasteiger partial charge in [0.25, 0.3) is 0 Å². The molecule has 1 atom stereocenters. The van der Waals surface area contributed by atoms with Crippen molar-refractivity contribution < 1.29 is 9.18 Å². The molecule has 0 radical (unpaired) electrons. The van der Waals surface area contributed by atoms with Crippen molar-refractivity contribution in [2.24, 2.45) is 0 Å². The van der Waals surface area contributed by atoms with Gasteiger partial charge in [0.05, 0.1) is 5.69 Å². The molecule has 4 rings (SSSR count). The number of aromatic nitrogens is 2. The lowest BCUT2D eigenvalue weighted by atomic mass is 10.2. The van der Waals surface area contributed by atoms with E-state index in [0.717, 1.165) is 18.4 Å². The molecule has 1 aromatic heterocycles. The Labute approximate surface area is 168 Å². The van der Waals surface area contributed by atoms with Crippen molar-refractivity contribution >= 4 is 23.4 Å². The van der Waals surface area contributed by atoms with Gasteiger partial charge in [-0.3, -0.25) is 4.79 Å². The van der Waals surface area contributed by atoms with Crippen molar-refractivity contribution in [1.82, 2.24) is 15.3 Å². The first-order chi connectivity index (χ1) is 14.2. The highest BCUT2D eigenvalue weighted by Gasteiger charge is 2.32. The van der Waals surface area contributed by atoms with Crippen molar-refractivity contribution in [3.05, 3.63) is 78.2 Å². The van der Waals surface area contributed by atoms with Gasteiger partial charge in [0, 0.05) is 19.3 Å². The molecular formula is C22H22FN5O. The van der Waals surface area contributed by atoms with Gasteiger partial charge in [0.15, 0.2) is 0 Å². The fraction of sp³-hybridized carbons (Fsp3) is 0.227. The largest absolute Gasteiger partial charge is 0.350 e. The molecule has 1 aliphatic rings. The van der Waals surface area contributed by atoms with Gasteiger partial charge in [-0.1, -0.05) is 42.5 Å². The summed E-state index contributed by atoms with van der Waals surface area (Å²) in [6.45, 7) is 1.19. The molecule has 148 valence electrons. The Morgan fingerprint density at radius 3 is 2.72 bits per heavy atom. The second-order valence-corrected chi connectivity index (χ2v) is 6.90. The minimum Gasteiger partial charge on any atom is -0.350 e. The average Bonchev–Trinajstić information content (AvgIpc) is 3.25. The molecule has 2 heterocycles. The van der Waals surface area contributed by atoms with Crippen LogP contribution in [-0.4, -0.2) is 28.5 Å². The summed E-state index contributed by atoms with van der Waals surface area (Å²) in [7, 11) is 0. The summed E-state index contributed by atoms with van der Waals surface area (Å²) in [5.41, 5.74) is 1.40. The lowest BCUT2D eigenvalue weighted by Crippen LogP contribution is -2.43. The zero-order valence-electron chi connectivity index (χ0n) is 15.9. The molecule has 0 aliphatic carbocycles. The molecule has 0 bridgehead atoms. The number of nitrogens with one attached hydrogen (secondary N) is 2. The van der Waals surface area contributed by atoms with Crippen LogP contribution in [0.2, 0.25) is 0 Å². The first kappa shape index (κ1) is 18.9. The first-order valence-electron chi connectivity index (χ1n) is 9.63. The molecule has 6 nitrogen and oxygen atoms in total. The van der Waals surface area contributed by atoms with E-state index in [0.29, 0.717) is 30.5 Å². The molecule has 1 fully saturated rings. The van der Waals surface area contributed by atoms with Crippen LogP contribution in [0.4, 0.5) is 21.8 Å². The Balaban J connectivity index is 1.45. The minimum atomic E-state index is -0.355. The standard InChI is InChI=1S/C22H22FN5O/c23-17-9-4-5-10-18(17)26-20-12-13-24-22(27-20)28-14-6-11-19(28)21(29)25-15-16-7-2-1-3-8-16/h1-5,7-10,12-13,19H,6,11,14-15H2,(H,25,29)(H,24,26,27). The van der Waals surface area contributed by atoms with E-state index in [1.165, 1.54) is 6.07 Å². The minimum absolute atomic E-state index is 0.0394. The molecular weight excluding hydrogens is 369 g/mol. The molecule has 2 aromatic carbocycles. The number of hydrogen-bond acceptors (Lipinski definition) is 5. The second kappa shape index (κ2) is 8.68. The number of hydrogen-bond donors (Lipinski definition) is 2. The number of nitrogens with zero attached hydrogens (tertiary/aromatic N) is 3. The number of anilines is 3. The molecule has 0 spiro atoms. The number of carbonyl (C=O) groups excluding carboxylic acids is 1. The van der Waals surface area contributed by atoms with E-state index >= 15 is 0 Å². The van der Waals surface area contributed by atoms with Gasteiger partial charge in [-0.05, 0) is 36.6 Å². The molecule has 1 aliphatic heterocycles. The molecule has 1 unspecified atom stereocenters. The predicted molar refractivity (Wildman–Crippen MR) is 110 cm³/mol. The van der Waals surface area contributed by atoms with E-state index in [1.807, 2.05) is 35.2 Å². The summed E-state index contributed by atoms with van der Waals surface area (Å²) in [5.74, 6) is 0.550. The van der Waals surface area contributed by atoms with Gasteiger partial charge in [-0.15, -0.1) is 0 Å². The summed E-state index contributed by atoms with van der Waals surface area (Å²) in [6, 6.07) is 17.6. The van der Waals surface area contributed by atoms with Gasteiger partial charge in [-0.25, -0.2) is 9.37 Å². The maximum atomic E-state index is 13.9. The predicted octanol–water partition coefficient (Wildman–Crippen LogP) is 3.64. The quantitative estimate of drug-likeness (QED) is 0.671. The summed E-state index contributed by atoms with van der Waals surface area (Å²) in [4.78, 5) is 23.5. The Hall–Kier alpha value is -3.48. The first-order valence-corrected chi connectivity index (χ1v) is 9.63. The number of benzene rings is 2. The Bertz CT molecular complexity index is 982. The van der Waals surface area contributed by atoms with Crippen molar-refractivity contribution in [2.75, 3.05) is 16.8 Å². The second-order valence-electron chi connectivity index (χ2n) is 6.90. The van der Waals surface area contributed by atoms with Crippen LogP contribution in [0, 0.1) is 5.82 Å². The van der Waals surface area contributed by atoms with Crippen LogP contribution >= 0.6 is 0 Å². The van der Waals surface area contributed by atoms with Crippen molar-refractivity contribution in [3.63, 3.8) is 0 Å². The number of rotatable bonds is 6. The SMILES string of the molecule is O=C(NCc1ccccc1)C1CCCN1c1nccc(Nc2ccccc2F)n1. The zero-order valence-corrected chi connectivity index (χ0v) is 15.9. The van der Waals surface area contributed by atoms with E-state index in [1.54, 1.807) is 30.5 Å². The van der Waals surface area contributed by atoms with Crippen LogP contribution in [0.1, 0.15) is 18.4 Å².